The Kier molecular flexibility index (Phi) is 3.57. The maximum Gasteiger partial charge on any atom is 0.255 e. The molecule has 6 heteroatoms. The average Bonchev–Trinajstić information content (AvgIpc) is 2.91. The van der Waals surface area contributed by atoms with Crippen molar-refractivity contribution in [2.75, 3.05) is 19.4 Å². The van der Waals surface area contributed by atoms with Crippen LogP contribution in [0.1, 0.15) is 16.2 Å². The molecule has 0 saturated heterocycles. The molecule has 94 valence electrons. The highest BCUT2D eigenvalue weighted by molar-refractivity contribution is 5.93. The number of nitrogens with one attached hydrogen (secondary N) is 2. The van der Waals surface area contributed by atoms with Crippen LogP contribution >= 0.6 is 0 Å². The van der Waals surface area contributed by atoms with Crippen molar-refractivity contribution in [1.82, 2.24) is 19.9 Å². The van der Waals surface area contributed by atoms with E-state index in [-0.39, 0.29) is 5.91 Å². The Morgan fingerprint density at radius 2 is 2.28 bits per heavy atom. The normalized spacial score (nSPS) is 10.1. The molecule has 6 nitrogen and oxygen atoms in total. The predicted octanol–water partition coefficient (Wildman–Crippen LogP) is 1.12. The van der Waals surface area contributed by atoms with E-state index >= 15 is 0 Å². The number of pyridine rings is 1. The first-order valence-electron chi connectivity index (χ1n) is 5.58. The average molecular weight is 245 g/mol. The van der Waals surface area contributed by atoms with Crippen molar-refractivity contribution in [3.05, 3.63) is 42.1 Å². The third kappa shape index (κ3) is 2.65. The summed E-state index contributed by atoms with van der Waals surface area (Å²) in [6, 6.07) is 3.52. The number of hydrogen-bond donors (Lipinski definition) is 2. The van der Waals surface area contributed by atoms with Crippen molar-refractivity contribution in [3.63, 3.8) is 0 Å². The molecule has 0 spiro atoms. The van der Waals surface area contributed by atoms with E-state index in [2.05, 4.69) is 20.3 Å². The van der Waals surface area contributed by atoms with Gasteiger partial charge >= 0.3 is 0 Å². The van der Waals surface area contributed by atoms with Crippen molar-refractivity contribution >= 4 is 11.7 Å². The van der Waals surface area contributed by atoms with Crippen molar-refractivity contribution in [2.45, 2.75) is 6.54 Å². The monoisotopic (exact) mass is 245 g/mol. The second kappa shape index (κ2) is 5.31. The highest BCUT2D eigenvalue weighted by Gasteiger charge is 2.13. The Morgan fingerprint density at radius 3 is 2.83 bits per heavy atom. The molecule has 0 aliphatic rings. The number of carbonyl (C=O) groups is 1. The van der Waals surface area contributed by atoms with Gasteiger partial charge in [-0.1, -0.05) is 0 Å². The number of rotatable bonds is 4. The molecule has 0 fully saturated rings. The van der Waals surface area contributed by atoms with Crippen LogP contribution in [0.15, 0.2) is 30.7 Å². The third-order valence-corrected chi connectivity index (χ3v) is 2.56. The van der Waals surface area contributed by atoms with Crippen molar-refractivity contribution < 1.29 is 4.79 Å². The third-order valence-electron chi connectivity index (χ3n) is 2.56. The van der Waals surface area contributed by atoms with Gasteiger partial charge in [0, 0.05) is 32.7 Å². The molecule has 2 aromatic rings. The second-order valence-electron chi connectivity index (χ2n) is 3.88. The van der Waals surface area contributed by atoms with Crippen molar-refractivity contribution in [1.29, 1.82) is 0 Å². The zero-order valence-electron chi connectivity index (χ0n) is 10.3. The number of imidazole rings is 1. The Bertz CT molecular complexity index is 506. The highest BCUT2D eigenvalue weighted by Crippen LogP contribution is 2.08. The lowest BCUT2D eigenvalue weighted by Crippen LogP contribution is -2.26. The fourth-order valence-electron chi connectivity index (χ4n) is 1.57. The predicted molar refractivity (Wildman–Crippen MR) is 68.2 cm³/mol. The number of anilines is 1. The van der Waals surface area contributed by atoms with Crippen LogP contribution < -0.4 is 5.32 Å². The summed E-state index contributed by atoms with van der Waals surface area (Å²) in [5.74, 6) is 1.41. The van der Waals surface area contributed by atoms with Crippen LogP contribution in [0.3, 0.4) is 0 Å². The quantitative estimate of drug-likeness (QED) is 0.846. The van der Waals surface area contributed by atoms with Crippen LogP contribution in [0, 0.1) is 0 Å². The zero-order valence-corrected chi connectivity index (χ0v) is 10.3. The van der Waals surface area contributed by atoms with E-state index in [1.807, 2.05) is 0 Å². The standard InChI is InChI=1S/C12H15N5O/c1-13-10-4-3-9(7-16-10)12(18)17(2)8-11-14-5-6-15-11/h3-7H,8H2,1-2H3,(H,13,16)(H,14,15). The molecule has 2 N–H and O–H groups in total. The van der Waals surface area contributed by atoms with E-state index in [1.165, 1.54) is 0 Å². The zero-order chi connectivity index (χ0) is 13.0. The number of aromatic nitrogens is 3. The van der Waals surface area contributed by atoms with E-state index in [9.17, 15) is 4.79 Å². The van der Waals surface area contributed by atoms with E-state index in [0.29, 0.717) is 12.1 Å². The van der Waals surface area contributed by atoms with Gasteiger partial charge in [0.1, 0.15) is 11.6 Å². The molecule has 0 atom stereocenters. The Morgan fingerprint density at radius 1 is 1.44 bits per heavy atom. The SMILES string of the molecule is CNc1ccc(C(=O)N(C)Cc2ncc[nH]2)cn1. The van der Waals surface area contributed by atoms with Gasteiger partial charge in [0.15, 0.2) is 0 Å². The molecule has 2 aromatic heterocycles. The van der Waals surface area contributed by atoms with Crippen LogP contribution in [0.4, 0.5) is 5.82 Å². The number of nitrogens with zero attached hydrogens (tertiary/aromatic N) is 3. The Labute approximate surface area is 105 Å². The fraction of sp³-hybridized carbons (Fsp3) is 0.250. The Hall–Kier alpha value is -2.37. The summed E-state index contributed by atoms with van der Waals surface area (Å²) >= 11 is 0. The largest absolute Gasteiger partial charge is 0.373 e. The Balaban J connectivity index is 2.05. The lowest BCUT2D eigenvalue weighted by Gasteiger charge is -2.15. The first kappa shape index (κ1) is 12.1. The maximum atomic E-state index is 12.1. The number of carbonyl (C=O) groups excluding carboxylic acids is 1. The van der Waals surface area contributed by atoms with Gasteiger partial charge in [0.2, 0.25) is 0 Å². The molecule has 0 saturated carbocycles. The number of aromatic amines is 1. The summed E-state index contributed by atoms with van der Waals surface area (Å²) in [6.07, 6.45) is 4.96. The van der Waals surface area contributed by atoms with Gasteiger partial charge in [-0.05, 0) is 12.1 Å². The van der Waals surface area contributed by atoms with Gasteiger partial charge in [-0.25, -0.2) is 9.97 Å². The highest BCUT2D eigenvalue weighted by atomic mass is 16.2. The lowest BCUT2D eigenvalue weighted by atomic mass is 10.2. The summed E-state index contributed by atoms with van der Waals surface area (Å²) in [5, 5.41) is 2.91. The van der Waals surface area contributed by atoms with Gasteiger partial charge < -0.3 is 15.2 Å². The van der Waals surface area contributed by atoms with Crippen LogP contribution in [-0.2, 0) is 6.54 Å². The molecule has 18 heavy (non-hydrogen) atoms. The molecule has 0 unspecified atom stereocenters. The molecule has 2 rings (SSSR count). The number of H-pyrrole nitrogens is 1. The summed E-state index contributed by atoms with van der Waals surface area (Å²) < 4.78 is 0. The minimum Gasteiger partial charge on any atom is -0.373 e. The number of hydrogen-bond acceptors (Lipinski definition) is 4. The fourth-order valence-corrected chi connectivity index (χ4v) is 1.57. The van der Waals surface area contributed by atoms with Gasteiger partial charge in [-0.2, -0.15) is 0 Å². The summed E-state index contributed by atoms with van der Waals surface area (Å²) in [4.78, 5) is 24.8. The summed E-state index contributed by atoms with van der Waals surface area (Å²) in [5.41, 5.74) is 0.558. The molecule has 0 aliphatic carbocycles. The van der Waals surface area contributed by atoms with Crippen LogP contribution in [0.5, 0.6) is 0 Å². The summed E-state index contributed by atoms with van der Waals surface area (Å²) in [7, 11) is 3.52. The van der Waals surface area contributed by atoms with Crippen LogP contribution in [0.25, 0.3) is 0 Å². The topological polar surface area (TPSA) is 73.9 Å². The molecule has 1 amide bonds. The summed E-state index contributed by atoms with van der Waals surface area (Å²) in [6.45, 7) is 0.444. The van der Waals surface area contributed by atoms with Crippen LogP contribution in [-0.4, -0.2) is 39.9 Å². The maximum absolute atomic E-state index is 12.1. The van der Waals surface area contributed by atoms with Crippen LogP contribution in [0.2, 0.25) is 0 Å². The van der Waals surface area contributed by atoms with Crippen molar-refractivity contribution in [3.8, 4) is 0 Å². The molecule has 2 heterocycles. The van der Waals surface area contributed by atoms with Gasteiger partial charge in [-0.3, -0.25) is 4.79 Å². The minimum absolute atomic E-state index is 0.0819. The lowest BCUT2D eigenvalue weighted by molar-refractivity contribution is 0.0781. The van der Waals surface area contributed by atoms with Gasteiger partial charge in [0.25, 0.3) is 5.91 Å². The van der Waals surface area contributed by atoms with E-state index in [4.69, 9.17) is 0 Å². The van der Waals surface area contributed by atoms with E-state index < -0.39 is 0 Å². The van der Waals surface area contributed by atoms with Gasteiger partial charge in [0.05, 0.1) is 12.1 Å². The van der Waals surface area contributed by atoms with Crippen molar-refractivity contribution in [2.24, 2.45) is 0 Å². The minimum atomic E-state index is -0.0819. The number of amides is 1. The second-order valence-corrected chi connectivity index (χ2v) is 3.88. The molecular weight excluding hydrogens is 230 g/mol. The molecule has 0 bridgehead atoms. The van der Waals surface area contributed by atoms with E-state index in [1.54, 1.807) is 49.7 Å². The molecule has 0 aromatic carbocycles. The molecule has 0 radical (unpaired) electrons. The smallest absolute Gasteiger partial charge is 0.255 e. The van der Waals surface area contributed by atoms with E-state index in [0.717, 1.165) is 11.6 Å². The first-order valence-corrected chi connectivity index (χ1v) is 5.58. The molecular formula is C12H15N5O. The first-order chi connectivity index (χ1) is 8.70. The van der Waals surface area contributed by atoms with Gasteiger partial charge in [-0.15, -0.1) is 0 Å². The molecule has 0 aliphatic heterocycles.